The Kier molecular flexibility index (Phi) is 3.73. The molecule has 0 saturated carbocycles. The third-order valence-corrected chi connectivity index (χ3v) is 4.91. The van der Waals surface area contributed by atoms with E-state index in [0.717, 1.165) is 45.0 Å². The molecule has 0 radical (unpaired) electrons. The van der Waals surface area contributed by atoms with Gasteiger partial charge in [-0.25, -0.2) is 0 Å². The van der Waals surface area contributed by atoms with E-state index in [1.807, 2.05) is 0 Å². The monoisotopic (exact) mass is 251 g/mol. The van der Waals surface area contributed by atoms with Gasteiger partial charge in [-0.15, -0.1) is 0 Å². The van der Waals surface area contributed by atoms with E-state index in [4.69, 9.17) is 15.2 Å². The summed E-state index contributed by atoms with van der Waals surface area (Å²) >= 11 is 0. The molecule has 2 N–H and O–H groups in total. The molecular formula is C15H25NO2. The maximum absolute atomic E-state index is 6.12. The molecule has 1 spiro atoms. The fraction of sp³-hybridized carbons (Fsp3) is 0.867. The van der Waals surface area contributed by atoms with E-state index in [0.29, 0.717) is 6.04 Å². The molecule has 3 rings (SSSR count). The van der Waals surface area contributed by atoms with E-state index >= 15 is 0 Å². The van der Waals surface area contributed by atoms with Gasteiger partial charge in [0.25, 0.3) is 0 Å². The first-order valence-corrected chi connectivity index (χ1v) is 7.44. The molecule has 102 valence electrons. The molecule has 2 saturated heterocycles. The molecule has 0 amide bonds. The second-order valence-electron chi connectivity index (χ2n) is 6.15. The molecule has 2 unspecified atom stereocenters. The van der Waals surface area contributed by atoms with E-state index in [-0.39, 0.29) is 5.60 Å². The first-order chi connectivity index (χ1) is 8.77. The van der Waals surface area contributed by atoms with Crippen molar-refractivity contribution in [2.75, 3.05) is 19.8 Å². The van der Waals surface area contributed by atoms with Crippen molar-refractivity contribution < 1.29 is 9.47 Å². The highest BCUT2D eigenvalue weighted by Crippen LogP contribution is 2.41. The Morgan fingerprint density at radius 2 is 2.00 bits per heavy atom. The average Bonchev–Trinajstić information content (AvgIpc) is 2.40. The van der Waals surface area contributed by atoms with Gasteiger partial charge in [0.05, 0.1) is 5.60 Å². The molecule has 2 fully saturated rings. The SMILES string of the molecule is NC1CC=C(C2CCOC3(CCOCC3)C2)CC1. The summed E-state index contributed by atoms with van der Waals surface area (Å²) in [6.07, 6.45) is 10.4. The summed E-state index contributed by atoms with van der Waals surface area (Å²) in [6, 6.07) is 0.394. The highest BCUT2D eigenvalue weighted by atomic mass is 16.5. The summed E-state index contributed by atoms with van der Waals surface area (Å²) in [4.78, 5) is 0. The van der Waals surface area contributed by atoms with Crippen LogP contribution in [0.3, 0.4) is 0 Å². The molecular weight excluding hydrogens is 226 g/mol. The van der Waals surface area contributed by atoms with E-state index in [1.165, 1.54) is 25.7 Å². The predicted octanol–water partition coefficient (Wildman–Crippen LogP) is 2.40. The smallest absolute Gasteiger partial charge is 0.0732 e. The van der Waals surface area contributed by atoms with Crippen LogP contribution < -0.4 is 5.73 Å². The third kappa shape index (κ3) is 2.63. The molecule has 2 aliphatic heterocycles. The highest BCUT2D eigenvalue weighted by Gasteiger charge is 2.40. The minimum atomic E-state index is 0.127. The third-order valence-electron chi connectivity index (χ3n) is 4.91. The zero-order chi connectivity index (χ0) is 12.4. The van der Waals surface area contributed by atoms with Crippen molar-refractivity contribution in [3.63, 3.8) is 0 Å². The van der Waals surface area contributed by atoms with Crippen molar-refractivity contribution >= 4 is 0 Å². The minimum Gasteiger partial charge on any atom is -0.381 e. The van der Waals surface area contributed by atoms with Crippen molar-refractivity contribution in [3.05, 3.63) is 11.6 Å². The fourth-order valence-corrected chi connectivity index (χ4v) is 3.68. The average molecular weight is 251 g/mol. The van der Waals surface area contributed by atoms with E-state index in [2.05, 4.69) is 6.08 Å². The molecule has 3 aliphatic rings. The molecule has 0 aromatic rings. The lowest BCUT2D eigenvalue weighted by molar-refractivity contribution is -0.143. The molecule has 18 heavy (non-hydrogen) atoms. The Morgan fingerprint density at radius 1 is 1.17 bits per heavy atom. The summed E-state index contributed by atoms with van der Waals surface area (Å²) in [5, 5.41) is 0. The van der Waals surface area contributed by atoms with Crippen LogP contribution in [0, 0.1) is 5.92 Å². The maximum Gasteiger partial charge on any atom is 0.0732 e. The number of nitrogens with two attached hydrogens (primary N) is 1. The maximum atomic E-state index is 6.12. The van der Waals surface area contributed by atoms with Crippen LogP contribution in [0.25, 0.3) is 0 Å². The minimum absolute atomic E-state index is 0.127. The van der Waals surface area contributed by atoms with Gasteiger partial charge in [0.1, 0.15) is 0 Å². The van der Waals surface area contributed by atoms with E-state index in [1.54, 1.807) is 5.57 Å². The van der Waals surface area contributed by atoms with Crippen LogP contribution in [0.1, 0.15) is 44.9 Å². The van der Waals surface area contributed by atoms with Crippen LogP contribution in [0.2, 0.25) is 0 Å². The van der Waals surface area contributed by atoms with Gasteiger partial charge in [0.15, 0.2) is 0 Å². The quantitative estimate of drug-likeness (QED) is 0.728. The lowest BCUT2D eigenvalue weighted by atomic mass is 9.75. The van der Waals surface area contributed by atoms with Gasteiger partial charge in [0.2, 0.25) is 0 Å². The topological polar surface area (TPSA) is 44.5 Å². The largest absolute Gasteiger partial charge is 0.381 e. The Balaban J connectivity index is 1.66. The van der Waals surface area contributed by atoms with Crippen LogP contribution in [0.15, 0.2) is 11.6 Å². The number of hydrogen-bond acceptors (Lipinski definition) is 3. The van der Waals surface area contributed by atoms with Crippen molar-refractivity contribution in [2.24, 2.45) is 11.7 Å². The number of allylic oxidation sites excluding steroid dienone is 1. The molecule has 2 heterocycles. The van der Waals surface area contributed by atoms with Crippen molar-refractivity contribution in [3.8, 4) is 0 Å². The van der Waals surface area contributed by atoms with Crippen molar-refractivity contribution in [1.82, 2.24) is 0 Å². The van der Waals surface area contributed by atoms with Gasteiger partial charge in [-0.3, -0.25) is 0 Å². The molecule has 0 aromatic heterocycles. The van der Waals surface area contributed by atoms with Gasteiger partial charge in [-0.2, -0.15) is 0 Å². The Labute approximate surface area is 110 Å². The summed E-state index contributed by atoms with van der Waals surface area (Å²) < 4.78 is 11.6. The van der Waals surface area contributed by atoms with Gasteiger partial charge in [0, 0.05) is 25.9 Å². The van der Waals surface area contributed by atoms with Gasteiger partial charge in [-0.1, -0.05) is 11.6 Å². The van der Waals surface area contributed by atoms with Gasteiger partial charge in [-0.05, 0) is 50.9 Å². The highest BCUT2D eigenvalue weighted by molar-refractivity contribution is 5.13. The first-order valence-electron chi connectivity index (χ1n) is 7.44. The van der Waals surface area contributed by atoms with Crippen LogP contribution in [0.4, 0.5) is 0 Å². The molecule has 3 nitrogen and oxygen atoms in total. The Hall–Kier alpha value is -0.380. The van der Waals surface area contributed by atoms with E-state index < -0.39 is 0 Å². The zero-order valence-corrected chi connectivity index (χ0v) is 11.2. The number of hydrogen-bond donors (Lipinski definition) is 1. The fourth-order valence-electron chi connectivity index (χ4n) is 3.68. The lowest BCUT2D eigenvalue weighted by Gasteiger charge is -2.44. The second-order valence-corrected chi connectivity index (χ2v) is 6.15. The van der Waals surface area contributed by atoms with Crippen LogP contribution in [0.5, 0.6) is 0 Å². The summed E-state index contributed by atoms with van der Waals surface area (Å²) in [5.74, 6) is 0.740. The van der Waals surface area contributed by atoms with Crippen LogP contribution >= 0.6 is 0 Å². The Morgan fingerprint density at radius 3 is 2.72 bits per heavy atom. The summed E-state index contributed by atoms with van der Waals surface area (Å²) in [5.41, 5.74) is 7.76. The van der Waals surface area contributed by atoms with Crippen LogP contribution in [-0.4, -0.2) is 31.5 Å². The summed E-state index contributed by atoms with van der Waals surface area (Å²) in [7, 11) is 0. The van der Waals surface area contributed by atoms with Crippen LogP contribution in [-0.2, 0) is 9.47 Å². The summed E-state index contributed by atoms with van der Waals surface area (Å²) in [6.45, 7) is 2.67. The Bertz CT molecular complexity index is 315. The van der Waals surface area contributed by atoms with Gasteiger partial charge >= 0.3 is 0 Å². The molecule has 1 aliphatic carbocycles. The van der Waals surface area contributed by atoms with Crippen molar-refractivity contribution in [1.29, 1.82) is 0 Å². The first kappa shape index (κ1) is 12.6. The predicted molar refractivity (Wildman–Crippen MR) is 71.4 cm³/mol. The molecule has 3 heteroatoms. The lowest BCUT2D eigenvalue weighted by Crippen LogP contribution is -2.45. The second kappa shape index (κ2) is 5.32. The standard InChI is InChI=1S/C15H25NO2/c16-14-3-1-12(2-4-14)13-5-8-18-15(11-13)6-9-17-10-7-15/h1,13-14H,2-11,16H2. The molecule has 0 bridgehead atoms. The number of rotatable bonds is 1. The van der Waals surface area contributed by atoms with Gasteiger partial charge < -0.3 is 15.2 Å². The molecule has 0 aromatic carbocycles. The number of ether oxygens (including phenoxy) is 2. The normalized spacial score (nSPS) is 36.4. The van der Waals surface area contributed by atoms with Crippen molar-refractivity contribution in [2.45, 2.75) is 56.6 Å². The molecule has 2 atom stereocenters. The zero-order valence-electron chi connectivity index (χ0n) is 11.2. The van der Waals surface area contributed by atoms with E-state index in [9.17, 15) is 0 Å².